The van der Waals surface area contributed by atoms with Crippen molar-refractivity contribution < 1.29 is 54.6 Å². The lowest BCUT2D eigenvalue weighted by Crippen LogP contribution is -2.45. The van der Waals surface area contributed by atoms with E-state index in [1.54, 1.807) is 10.5 Å². The van der Waals surface area contributed by atoms with Crippen LogP contribution in [0.4, 0.5) is 32.0 Å². The van der Waals surface area contributed by atoms with Gasteiger partial charge in [-0.2, -0.15) is 26.3 Å². The van der Waals surface area contributed by atoms with Crippen molar-refractivity contribution in [1.29, 1.82) is 0 Å². The molecule has 3 heterocycles. The van der Waals surface area contributed by atoms with Crippen molar-refractivity contribution in [3.05, 3.63) is 59.9 Å². The molecule has 0 aliphatic carbocycles. The van der Waals surface area contributed by atoms with E-state index in [1.165, 1.54) is 17.4 Å². The number of aliphatic carboxylic acids is 2. The van der Waals surface area contributed by atoms with Crippen LogP contribution in [0.1, 0.15) is 24.0 Å². The highest BCUT2D eigenvalue weighted by molar-refractivity contribution is 7.92. The van der Waals surface area contributed by atoms with Gasteiger partial charge in [0.05, 0.1) is 11.9 Å². The first-order valence-corrected chi connectivity index (χ1v) is 13.0. The zero-order valence-electron chi connectivity index (χ0n) is 20.4. The van der Waals surface area contributed by atoms with Crippen molar-refractivity contribution in [2.24, 2.45) is 0 Å². The van der Waals surface area contributed by atoms with Crippen LogP contribution in [0.3, 0.4) is 0 Å². The summed E-state index contributed by atoms with van der Waals surface area (Å²) in [5.74, 6) is -5.51. The van der Waals surface area contributed by atoms with E-state index in [0.29, 0.717) is 6.54 Å². The number of anilines is 1. The number of nitrogens with zero attached hydrogens (tertiary/aromatic N) is 3. The molecule has 216 valence electrons. The van der Waals surface area contributed by atoms with Crippen molar-refractivity contribution in [1.82, 2.24) is 9.88 Å². The highest BCUT2D eigenvalue weighted by Gasteiger charge is 2.46. The zero-order chi connectivity index (χ0) is 29.6. The van der Waals surface area contributed by atoms with E-state index in [4.69, 9.17) is 19.8 Å². The SMILES string of the molecule is CS(=O)(=O)N1CC2(CCN(Cc3cccnc3)CC2)c2ccccc21.O=C(O)C(F)(F)F.O=C(O)C(F)(F)F. The number of carboxylic acid groups (broad SMARTS) is 2. The number of piperidine rings is 1. The predicted octanol–water partition coefficient (Wildman–Crippen LogP) is 3.66. The average molecular weight is 586 g/mol. The molecule has 1 aromatic carbocycles. The highest BCUT2D eigenvalue weighted by Crippen LogP contribution is 2.47. The van der Waals surface area contributed by atoms with E-state index in [9.17, 15) is 34.8 Å². The number of carbonyl (C=O) groups is 2. The summed E-state index contributed by atoms with van der Waals surface area (Å²) in [6, 6.07) is 12.1. The van der Waals surface area contributed by atoms with Gasteiger partial charge in [0.2, 0.25) is 10.0 Å². The lowest BCUT2D eigenvalue weighted by molar-refractivity contribution is -0.193. The molecule has 2 N–H and O–H groups in total. The zero-order valence-corrected chi connectivity index (χ0v) is 21.2. The number of benzene rings is 1. The Morgan fingerprint density at radius 1 is 0.949 bits per heavy atom. The number of hydrogen-bond donors (Lipinski definition) is 2. The minimum atomic E-state index is -5.08. The van der Waals surface area contributed by atoms with Gasteiger partial charge in [-0.3, -0.25) is 14.2 Å². The largest absolute Gasteiger partial charge is 0.490 e. The molecule has 0 bridgehead atoms. The first-order chi connectivity index (χ1) is 17.9. The molecule has 0 radical (unpaired) electrons. The molecule has 1 saturated heterocycles. The number of rotatable bonds is 3. The molecule has 4 rings (SSSR count). The standard InChI is InChI=1S/C19H23N3O2S.2C2HF3O2/c1-25(23,24)22-15-19(17-6-2-3-7-18(17)22)8-11-21(12-9-19)14-16-5-4-10-20-13-16;2*3-2(4,5)1(6)7/h2-7,10,13H,8-9,11-12,14-15H2,1H3;2*(H,6,7). The lowest BCUT2D eigenvalue weighted by atomic mass is 9.74. The number of pyridine rings is 1. The fraction of sp³-hybridized carbons (Fsp3) is 0.435. The molecule has 0 saturated carbocycles. The molecular weight excluding hydrogens is 560 g/mol. The van der Waals surface area contributed by atoms with E-state index < -0.39 is 34.3 Å². The van der Waals surface area contributed by atoms with Crippen LogP contribution < -0.4 is 4.31 Å². The predicted molar refractivity (Wildman–Crippen MR) is 126 cm³/mol. The molecule has 1 aromatic heterocycles. The van der Waals surface area contributed by atoms with Crippen molar-refractivity contribution in [2.75, 3.05) is 30.2 Å². The third-order valence-corrected chi connectivity index (χ3v) is 7.14. The van der Waals surface area contributed by atoms with Crippen LogP contribution in [-0.2, 0) is 31.6 Å². The Labute approximate surface area is 219 Å². The van der Waals surface area contributed by atoms with Gasteiger partial charge >= 0.3 is 24.3 Å². The number of carboxylic acids is 2. The second-order valence-corrected chi connectivity index (χ2v) is 10.7. The van der Waals surface area contributed by atoms with E-state index in [1.807, 2.05) is 30.5 Å². The summed E-state index contributed by atoms with van der Waals surface area (Å²) >= 11 is 0. The van der Waals surface area contributed by atoms with Gasteiger partial charge in [0, 0.05) is 30.9 Å². The van der Waals surface area contributed by atoms with Gasteiger partial charge < -0.3 is 10.2 Å². The number of sulfonamides is 1. The molecule has 2 aliphatic rings. The smallest absolute Gasteiger partial charge is 0.475 e. The Bertz CT molecular complexity index is 1220. The molecular formula is C23H25F6N3O6S. The quantitative estimate of drug-likeness (QED) is 0.523. The topological polar surface area (TPSA) is 128 Å². The maximum absolute atomic E-state index is 12.2. The van der Waals surface area contributed by atoms with Gasteiger partial charge in [-0.15, -0.1) is 0 Å². The molecule has 0 unspecified atom stereocenters. The Kier molecular flexibility index (Phi) is 9.95. The minimum absolute atomic E-state index is 0.0505. The first kappa shape index (κ1) is 31.8. The number of alkyl halides is 6. The monoisotopic (exact) mass is 585 g/mol. The minimum Gasteiger partial charge on any atom is -0.475 e. The molecule has 9 nitrogen and oxygen atoms in total. The highest BCUT2D eigenvalue weighted by atomic mass is 32.2. The fourth-order valence-electron chi connectivity index (χ4n) is 4.20. The van der Waals surface area contributed by atoms with Crippen LogP contribution in [0, 0.1) is 0 Å². The Morgan fingerprint density at radius 3 is 1.90 bits per heavy atom. The molecule has 16 heteroatoms. The first-order valence-electron chi connectivity index (χ1n) is 11.2. The molecule has 2 aromatic rings. The summed E-state index contributed by atoms with van der Waals surface area (Å²) in [6.07, 6.45) is -3.18. The van der Waals surface area contributed by atoms with Crippen LogP contribution in [0.5, 0.6) is 0 Å². The molecule has 0 atom stereocenters. The second-order valence-electron chi connectivity index (χ2n) is 8.81. The van der Waals surface area contributed by atoms with Crippen molar-refractivity contribution >= 4 is 27.6 Å². The lowest BCUT2D eigenvalue weighted by Gasteiger charge is -2.39. The van der Waals surface area contributed by atoms with Crippen molar-refractivity contribution in [2.45, 2.75) is 37.2 Å². The van der Waals surface area contributed by atoms with Crippen LogP contribution in [0.25, 0.3) is 0 Å². The fourth-order valence-corrected chi connectivity index (χ4v) is 5.20. The van der Waals surface area contributed by atoms with Gasteiger partial charge in [-0.25, -0.2) is 18.0 Å². The summed E-state index contributed by atoms with van der Waals surface area (Å²) < 4.78 is 89.5. The van der Waals surface area contributed by atoms with Gasteiger partial charge in [0.1, 0.15) is 0 Å². The molecule has 1 spiro atoms. The van der Waals surface area contributed by atoms with Gasteiger partial charge in [-0.05, 0) is 49.2 Å². The second kappa shape index (κ2) is 12.2. The average Bonchev–Trinajstić information content (AvgIpc) is 3.16. The Balaban J connectivity index is 0.000000317. The molecule has 1 fully saturated rings. The van der Waals surface area contributed by atoms with Crippen LogP contribution in [-0.4, -0.2) is 78.7 Å². The van der Waals surface area contributed by atoms with Crippen molar-refractivity contribution in [3.63, 3.8) is 0 Å². The summed E-state index contributed by atoms with van der Waals surface area (Å²) in [4.78, 5) is 24.4. The van der Waals surface area contributed by atoms with Gasteiger partial charge in [0.15, 0.2) is 0 Å². The maximum Gasteiger partial charge on any atom is 0.490 e. The normalized spacial score (nSPS) is 16.8. The molecule has 0 amide bonds. The van der Waals surface area contributed by atoms with E-state index in [0.717, 1.165) is 38.2 Å². The maximum atomic E-state index is 12.2. The number of fused-ring (bicyclic) bond motifs is 2. The van der Waals surface area contributed by atoms with Crippen LogP contribution in [0.2, 0.25) is 0 Å². The Hall–Kier alpha value is -3.40. The summed E-state index contributed by atoms with van der Waals surface area (Å²) in [5.41, 5.74) is 3.24. The molecule has 39 heavy (non-hydrogen) atoms. The van der Waals surface area contributed by atoms with E-state index >= 15 is 0 Å². The van der Waals surface area contributed by atoms with Crippen molar-refractivity contribution in [3.8, 4) is 0 Å². The van der Waals surface area contributed by atoms with Gasteiger partial charge in [-0.1, -0.05) is 24.3 Å². The van der Waals surface area contributed by atoms with Crippen LogP contribution >= 0.6 is 0 Å². The summed E-state index contributed by atoms with van der Waals surface area (Å²) in [7, 11) is -3.24. The van der Waals surface area contributed by atoms with Crippen LogP contribution in [0.15, 0.2) is 48.8 Å². The summed E-state index contributed by atoms with van der Waals surface area (Å²) in [6.45, 7) is 3.43. The van der Waals surface area contributed by atoms with Gasteiger partial charge in [0.25, 0.3) is 0 Å². The number of para-hydroxylation sites is 1. The number of likely N-dealkylation sites (tertiary alicyclic amines) is 1. The summed E-state index contributed by atoms with van der Waals surface area (Å²) in [5, 5.41) is 14.2. The molecule has 2 aliphatic heterocycles. The third-order valence-electron chi connectivity index (χ3n) is 6.02. The Morgan fingerprint density at radius 2 is 1.46 bits per heavy atom. The van der Waals surface area contributed by atoms with E-state index in [-0.39, 0.29) is 5.41 Å². The number of hydrogen-bond acceptors (Lipinski definition) is 6. The van der Waals surface area contributed by atoms with E-state index in [2.05, 4.69) is 22.0 Å². The third kappa shape index (κ3) is 8.81. The number of aromatic nitrogens is 1. The number of halogens is 6.